The lowest BCUT2D eigenvalue weighted by Gasteiger charge is -2.16. The van der Waals surface area contributed by atoms with Crippen molar-refractivity contribution in [3.05, 3.63) is 90.5 Å². The van der Waals surface area contributed by atoms with Gasteiger partial charge in [-0.1, -0.05) is 75.9 Å². The molecule has 0 heterocycles. The van der Waals surface area contributed by atoms with Crippen molar-refractivity contribution in [1.82, 2.24) is 0 Å². The quantitative estimate of drug-likeness (QED) is 0.0497. The molecule has 9 heteroatoms. The summed E-state index contributed by atoms with van der Waals surface area (Å²) in [5.41, 5.74) is 1.42. The molecule has 0 spiro atoms. The first-order valence-electron chi connectivity index (χ1n) is 14.5. The summed E-state index contributed by atoms with van der Waals surface area (Å²) in [6.45, 7) is 6.31. The van der Waals surface area contributed by atoms with E-state index < -0.39 is 12.1 Å². The molecule has 0 saturated heterocycles. The Morgan fingerprint density at radius 2 is 1.63 bits per heavy atom. The summed E-state index contributed by atoms with van der Waals surface area (Å²) in [6.07, 6.45) is 7.17. The number of nitrogens with zero attached hydrogens (tertiary/aromatic N) is 2. The summed E-state index contributed by atoms with van der Waals surface area (Å²) in [7, 11) is 1.51. The number of ether oxygens (including phenoxy) is 4. The molecule has 0 radical (unpaired) electrons. The molecule has 0 aromatic heterocycles. The van der Waals surface area contributed by atoms with Crippen molar-refractivity contribution in [2.45, 2.75) is 51.6 Å². The lowest BCUT2D eigenvalue weighted by molar-refractivity contribution is -0.147. The number of ketones is 1. The molecular weight excluding hydrogens is 548 g/mol. The van der Waals surface area contributed by atoms with Gasteiger partial charge < -0.3 is 24.1 Å². The molecule has 3 rings (SSSR count). The van der Waals surface area contributed by atoms with E-state index in [4.69, 9.17) is 18.9 Å². The zero-order chi connectivity index (χ0) is 30.9. The van der Waals surface area contributed by atoms with Gasteiger partial charge in [-0.25, -0.2) is 4.79 Å². The number of esters is 1. The van der Waals surface area contributed by atoms with Gasteiger partial charge in [-0.2, -0.15) is 5.11 Å². The summed E-state index contributed by atoms with van der Waals surface area (Å²) < 4.78 is 22.0. The van der Waals surface area contributed by atoms with Crippen molar-refractivity contribution in [3.63, 3.8) is 0 Å². The first kappa shape index (κ1) is 33.0. The molecular formula is C34H40N2O7. The fourth-order valence-corrected chi connectivity index (χ4v) is 4.17. The van der Waals surface area contributed by atoms with Crippen LogP contribution >= 0.6 is 0 Å². The van der Waals surface area contributed by atoms with Crippen LogP contribution < -0.4 is 9.47 Å². The van der Waals surface area contributed by atoms with Crippen LogP contribution in [0.2, 0.25) is 0 Å². The molecule has 9 nitrogen and oxygen atoms in total. The summed E-state index contributed by atoms with van der Waals surface area (Å²) >= 11 is 0. The smallest absolute Gasteiger partial charge is 0.330 e. The van der Waals surface area contributed by atoms with Gasteiger partial charge in [-0.05, 0) is 36.8 Å². The van der Waals surface area contributed by atoms with Crippen LogP contribution in [0.25, 0.3) is 0 Å². The lowest BCUT2D eigenvalue weighted by atomic mass is 10.0. The van der Waals surface area contributed by atoms with Gasteiger partial charge in [0.15, 0.2) is 17.6 Å². The maximum atomic E-state index is 13.1. The molecule has 3 aromatic carbocycles. The van der Waals surface area contributed by atoms with Crippen molar-refractivity contribution in [2.75, 3.05) is 26.9 Å². The van der Waals surface area contributed by atoms with Gasteiger partial charge in [-0.15, -0.1) is 5.11 Å². The predicted molar refractivity (Wildman–Crippen MR) is 165 cm³/mol. The normalized spacial score (nSPS) is 11.7. The number of phenols is 1. The Morgan fingerprint density at radius 1 is 0.907 bits per heavy atom. The molecule has 0 aliphatic rings. The molecule has 0 amide bonds. The minimum atomic E-state index is -0.591. The van der Waals surface area contributed by atoms with E-state index in [1.807, 2.05) is 6.07 Å². The van der Waals surface area contributed by atoms with Crippen LogP contribution in [0.5, 0.6) is 17.2 Å². The highest BCUT2D eigenvalue weighted by atomic mass is 16.6. The van der Waals surface area contributed by atoms with E-state index >= 15 is 0 Å². The molecule has 0 aliphatic heterocycles. The van der Waals surface area contributed by atoms with Crippen LogP contribution in [0.3, 0.4) is 0 Å². The van der Waals surface area contributed by atoms with E-state index in [0.717, 1.165) is 25.3 Å². The molecule has 3 aromatic rings. The van der Waals surface area contributed by atoms with Crippen molar-refractivity contribution < 1.29 is 33.6 Å². The number of hydrogen-bond donors (Lipinski definition) is 1. The number of carbonyl (C=O) groups is 2. The second-order valence-corrected chi connectivity index (χ2v) is 9.87. The van der Waals surface area contributed by atoms with Crippen LogP contribution in [0, 0.1) is 0 Å². The number of unbranched alkanes of at least 4 members (excludes halogenated alkanes) is 5. The van der Waals surface area contributed by atoms with Gasteiger partial charge in [-0.3, -0.25) is 4.79 Å². The van der Waals surface area contributed by atoms with Crippen LogP contribution in [0.4, 0.5) is 11.4 Å². The fraction of sp³-hybridized carbons (Fsp3) is 0.353. The molecule has 0 saturated carbocycles. The van der Waals surface area contributed by atoms with Gasteiger partial charge in [0, 0.05) is 24.8 Å². The zero-order valence-electron chi connectivity index (χ0n) is 24.9. The van der Waals surface area contributed by atoms with Crippen LogP contribution in [-0.4, -0.2) is 49.9 Å². The van der Waals surface area contributed by atoms with Crippen LogP contribution in [0.1, 0.15) is 61.4 Å². The van der Waals surface area contributed by atoms with Crippen molar-refractivity contribution in [2.24, 2.45) is 10.2 Å². The highest BCUT2D eigenvalue weighted by Crippen LogP contribution is 2.37. The number of methoxy groups -OCH3 is 1. The number of rotatable bonds is 19. The van der Waals surface area contributed by atoms with Gasteiger partial charge in [0.25, 0.3) is 0 Å². The fourth-order valence-electron chi connectivity index (χ4n) is 4.17. The van der Waals surface area contributed by atoms with Gasteiger partial charge in [0.05, 0.1) is 24.5 Å². The summed E-state index contributed by atoms with van der Waals surface area (Å²) in [5, 5.41) is 19.4. The first-order chi connectivity index (χ1) is 20.9. The zero-order valence-corrected chi connectivity index (χ0v) is 24.9. The summed E-state index contributed by atoms with van der Waals surface area (Å²) in [5.74, 6) is -0.183. The van der Waals surface area contributed by atoms with E-state index in [1.165, 1.54) is 38.5 Å². The largest absolute Gasteiger partial charge is 0.507 e. The van der Waals surface area contributed by atoms with Gasteiger partial charge >= 0.3 is 5.97 Å². The topological polar surface area (TPSA) is 116 Å². The van der Waals surface area contributed by atoms with E-state index in [1.54, 1.807) is 48.5 Å². The Hall–Kier alpha value is -4.50. The highest BCUT2D eigenvalue weighted by molar-refractivity contribution is 6.11. The Morgan fingerprint density at radius 3 is 2.33 bits per heavy atom. The molecule has 43 heavy (non-hydrogen) atoms. The lowest BCUT2D eigenvalue weighted by Crippen LogP contribution is -2.28. The molecule has 1 unspecified atom stereocenters. The molecule has 0 bridgehead atoms. The van der Waals surface area contributed by atoms with E-state index in [2.05, 4.69) is 23.7 Å². The second kappa shape index (κ2) is 18.1. The standard InChI is InChI=1S/C34H40N2O7/c1-4-6-7-8-9-13-20-41-32-22-31(37)29(34(39)25-14-11-10-12-15-25)21-30(32)36-35-26-16-18-27(19-17-26)42-24-28(23-40-3)43-33(38)5-2/h5,10-12,14-19,21-22,28,37H,2,4,6-9,13,20,23-24H2,1,3H3. The molecule has 0 fully saturated rings. The third kappa shape index (κ3) is 11.0. The van der Waals surface area contributed by atoms with E-state index in [-0.39, 0.29) is 30.3 Å². The minimum absolute atomic E-state index is 0.0965. The van der Waals surface area contributed by atoms with Crippen molar-refractivity contribution in [1.29, 1.82) is 0 Å². The number of benzene rings is 3. The average Bonchev–Trinajstić information content (AvgIpc) is 3.03. The highest BCUT2D eigenvalue weighted by Gasteiger charge is 2.18. The Bertz CT molecular complexity index is 1340. The number of phenolic OH excluding ortho intramolecular Hbond substituents is 1. The number of azo groups is 1. The van der Waals surface area contributed by atoms with Crippen molar-refractivity contribution in [3.8, 4) is 17.2 Å². The summed E-state index contributed by atoms with van der Waals surface area (Å²) in [6, 6.07) is 18.5. The van der Waals surface area contributed by atoms with Crippen LogP contribution in [-0.2, 0) is 14.3 Å². The van der Waals surface area contributed by atoms with Gasteiger partial charge in [0.1, 0.15) is 23.8 Å². The number of hydrogen-bond acceptors (Lipinski definition) is 9. The molecule has 228 valence electrons. The summed E-state index contributed by atoms with van der Waals surface area (Å²) in [4.78, 5) is 24.6. The maximum Gasteiger partial charge on any atom is 0.330 e. The average molecular weight is 589 g/mol. The van der Waals surface area contributed by atoms with Gasteiger partial charge in [0.2, 0.25) is 0 Å². The first-order valence-corrected chi connectivity index (χ1v) is 14.5. The number of aromatic hydroxyl groups is 1. The van der Waals surface area contributed by atoms with E-state index in [0.29, 0.717) is 35.0 Å². The third-order valence-electron chi connectivity index (χ3n) is 6.46. The van der Waals surface area contributed by atoms with E-state index in [9.17, 15) is 14.7 Å². The Labute approximate surface area is 253 Å². The third-order valence-corrected chi connectivity index (χ3v) is 6.46. The SMILES string of the molecule is C=CC(=O)OC(COC)COc1ccc(N=Nc2cc(C(=O)c3ccccc3)c(O)cc2OCCCCCCCC)cc1. The Balaban J connectivity index is 1.74. The molecule has 1 N–H and O–H groups in total. The molecule has 1 atom stereocenters. The predicted octanol–water partition coefficient (Wildman–Crippen LogP) is 7.90. The molecule has 0 aliphatic carbocycles. The maximum absolute atomic E-state index is 13.1. The second-order valence-electron chi connectivity index (χ2n) is 9.87. The van der Waals surface area contributed by atoms with Crippen molar-refractivity contribution >= 4 is 23.1 Å². The number of carbonyl (C=O) groups excluding carboxylic acids is 2. The minimum Gasteiger partial charge on any atom is -0.507 e. The Kier molecular flexibility index (Phi) is 13.9. The monoisotopic (exact) mass is 588 g/mol. The van der Waals surface area contributed by atoms with Crippen LogP contribution in [0.15, 0.2) is 89.6 Å².